The third kappa shape index (κ3) is 4.91. The third-order valence-electron chi connectivity index (χ3n) is 5.16. The second-order valence-electron chi connectivity index (χ2n) is 7.53. The highest BCUT2D eigenvalue weighted by Gasteiger charge is 2.42. The third-order valence-corrected chi connectivity index (χ3v) is 5.16. The highest BCUT2D eigenvalue weighted by atomic mass is 16.1. The number of rotatable bonds is 7. The number of carbonyl (C=O) groups excluding carboxylic acids is 1. The van der Waals surface area contributed by atoms with Gasteiger partial charge in [-0.3, -0.25) is 14.7 Å². The lowest BCUT2D eigenvalue weighted by Gasteiger charge is -2.19. The van der Waals surface area contributed by atoms with Gasteiger partial charge in [-0.05, 0) is 62.6 Å². The summed E-state index contributed by atoms with van der Waals surface area (Å²) in [5, 5.41) is 3.32. The first-order chi connectivity index (χ1) is 11.6. The molecule has 1 saturated heterocycles. The molecule has 1 aliphatic heterocycles. The van der Waals surface area contributed by atoms with E-state index in [0.717, 1.165) is 32.0 Å². The van der Waals surface area contributed by atoms with E-state index in [-0.39, 0.29) is 5.91 Å². The van der Waals surface area contributed by atoms with Crippen LogP contribution in [0.15, 0.2) is 36.2 Å². The van der Waals surface area contributed by atoms with Gasteiger partial charge in [-0.1, -0.05) is 11.6 Å². The standard InChI is InChI=1S/C20H29N3O/c1-15(2)9-12-23-13-18(17-4-5-17)19(14-23)22-20(24)6-3-16-7-10-21-11-8-16/h7-11,17-19H,3-6,12-14H2,1-2H3,(H,22,24)/t18-,19+/m1/s1. The van der Waals surface area contributed by atoms with Crippen LogP contribution in [0, 0.1) is 11.8 Å². The van der Waals surface area contributed by atoms with Crippen LogP contribution in [0.1, 0.15) is 38.7 Å². The van der Waals surface area contributed by atoms with Crippen molar-refractivity contribution >= 4 is 5.91 Å². The number of likely N-dealkylation sites (tertiary alicyclic amines) is 1. The fourth-order valence-corrected chi connectivity index (χ4v) is 3.62. The summed E-state index contributed by atoms with van der Waals surface area (Å²) in [5.41, 5.74) is 2.54. The van der Waals surface area contributed by atoms with Crippen molar-refractivity contribution < 1.29 is 4.79 Å². The molecule has 0 aromatic carbocycles. The Bertz CT molecular complexity index is 576. The van der Waals surface area contributed by atoms with Crippen molar-refractivity contribution in [1.82, 2.24) is 15.2 Å². The number of aromatic nitrogens is 1. The van der Waals surface area contributed by atoms with Crippen molar-refractivity contribution in [1.29, 1.82) is 0 Å². The second kappa shape index (κ2) is 7.93. The molecule has 1 aromatic rings. The predicted molar refractivity (Wildman–Crippen MR) is 96.6 cm³/mol. The molecule has 0 bridgehead atoms. The monoisotopic (exact) mass is 327 g/mol. The molecule has 1 amide bonds. The molecule has 2 heterocycles. The molecule has 130 valence electrons. The van der Waals surface area contributed by atoms with Crippen molar-refractivity contribution in [2.24, 2.45) is 11.8 Å². The molecule has 4 heteroatoms. The Balaban J connectivity index is 1.50. The molecule has 4 nitrogen and oxygen atoms in total. The van der Waals surface area contributed by atoms with Gasteiger partial charge in [0.1, 0.15) is 0 Å². The number of nitrogens with zero attached hydrogens (tertiary/aromatic N) is 2. The van der Waals surface area contributed by atoms with Crippen molar-refractivity contribution in [3.63, 3.8) is 0 Å². The number of nitrogens with one attached hydrogen (secondary N) is 1. The van der Waals surface area contributed by atoms with Gasteiger partial charge >= 0.3 is 0 Å². The molecule has 3 rings (SSSR count). The molecule has 2 atom stereocenters. The summed E-state index contributed by atoms with van der Waals surface area (Å²) < 4.78 is 0. The van der Waals surface area contributed by atoms with Crippen LogP contribution in [0.5, 0.6) is 0 Å². The number of pyridine rings is 1. The first-order valence-corrected chi connectivity index (χ1v) is 9.16. The first-order valence-electron chi connectivity index (χ1n) is 9.16. The smallest absolute Gasteiger partial charge is 0.220 e. The maximum Gasteiger partial charge on any atom is 0.220 e. The van der Waals surface area contributed by atoms with Crippen molar-refractivity contribution in [3.8, 4) is 0 Å². The molecule has 0 radical (unpaired) electrons. The Morgan fingerprint density at radius 3 is 2.71 bits per heavy atom. The molecule has 1 aliphatic carbocycles. The van der Waals surface area contributed by atoms with Gasteiger partial charge in [0.25, 0.3) is 0 Å². The van der Waals surface area contributed by atoms with Crippen LogP contribution in [0.25, 0.3) is 0 Å². The fourth-order valence-electron chi connectivity index (χ4n) is 3.62. The molecule has 1 saturated carbocycles. The van der Waals surface area contributed by atoms with Crippen LogP contribution in [0.4, 0.5) is 0 Å². The topological polar surface area (TPSA) is 45.2 Å². The number of aryl methyl sites for hydroxylation is 1. The molecular weight excluding hydrogens is 298 g/mol. The van der Waals surface area contributed by atoms with E-state index >= 15 is 0 Å². The van der Waals surface area contributed by atoms with Gasteiger partial charge < -0.3 is 5.32 Å². The largest absolute Gasteiger partial charge is 0.352 e. The van der Waals surface area contributed by atoms with Crippen LogP contribution >= 0.6 is 0 Å². The van der Waals surface area contributed by atoms with E-state index in [1.165, 1.54) is 24.0 Å². The summed E-state index contributed by atoms with van der Waals surface area (Å²) in [5.74, 6) is 1.65. The Labute approximate surface area is 145 Å². The summed E-state index contributed by atoms with van der Waals surface area (Å²) in [7, 11) is 0. The fraction of sp³-hybridized carbons (Fsp3) is 0.600. The van der Waals surface area contributed by atoms with Gasteiger partial charge in [0.05, 0.1) is 0 Å². The minimum atomic E-state index is 0.187. The number of amides is 1. The molecule has 0 unspecified atom stereocenters. The second-order valence-corrected chi connectivity index (χ2v) is 7.53. The van der Waals surface area contributed by atoms with Gasteiger partial charge in [-0.2, -0.15) is 0 Å². The maximum absolute atomic E-state index is 12.4. The zero-order chi connectivity index (χ0) is 16.9. The molecule has 0 spiro atoms. The minimum Gasteiger partial charge on any atom is -0.352 e. The van der Waals surface area contributed by atoms with Gasteiger partial charge in [0.15, 0.2) is 0 Å². The summed E-state index contributed by atoms with van der Waals surface area (Å²) in [6.07, 6.45) is 9.89. The van der Waals surface area contributed by atoms with Crippen LogP contribution in [-0.2, 0) is 11.2 Å². The number of hydrogen-bond acceptors (Lipinski definition) is 3. The number of carbonyl (C=O) groups is 1. The molecule has 2 fully saturated rings. The Morgan fingerprint density at radius 2 is 2.04 bits per heavy atom. The van der Waals surface area contributed by atoms with E-state index in [9.17, 15) is 4.79 Å². The van der Waals surface area contributed by atoms with E-state index < -0.39 is 0 Å². The van der Waals surface area contributed by atoms with Gasteiger partial charge in [-0.15, -0.1) is 0 Å². The lowest BCUT2D eigenvalue weighted by molar-refractivity contribution is -0.122. The average Bonchev–Trinajstić information content (AvgIpc) is 3.34. The average molecular weight is 327 g/mol. The normalized spacial score (nSPS) is 23.9. The van der Waals surface area contributed by atoms with Crippen molar-refractivity contribution in [2.75, 3.05) is 19.6 Å². The molecule has 1 aromatic heterocycles. The van der Waals surface area contributed by atoms with Crippen LogP contribution in [-0.4, -0.2) is 41.5 Å². The molecule has 1 N–H and O–H groups in total. The van der Waals surface area contributed by atoms with Crippen molar-refractivity contribution in [3.05, 3.63) is 41.7 Å². The Hall–Kier alpha value is -1.68. The lowest BCUT2D eigenvalue weighted by atomic mass is 9.98. The van der Waals surface area contributed by atoms with Crippen LogP contribution in [0.3, 0.4) is 0 Å². The molecular formula is C20H29N3O. The first kappa shape index (κ1) is 17.2. The van der Waals surface area contributed by atoms with E-state index in [0.29, 0.717) is 18.4 Å². The Kier molecular flexibility index (Phi) is 5.67. The van der Waals surface area contributed by atoms with Crippen molar-refractivity contribution in [2.45, 2.75) is 45.6 Å². The summed E-state index contributed by atoms with van der Waals surface area (Å²) in [6, 6.07) is 4.29. The summed E-state index contributed by atoms with van der Waals surface area (Å²) in [6.45, 7) is 7.42. The SMILES string of the molecule is CC(C)=CCN1C[C@H](NC(=O)CCc2ccncc2)[C@@H](C2CC2)C1. The predicted octanol–water partition coefficient (Wildman–Crippen LogP) is 2.81. The lowest BCUT2D eigenvalue weighted by Crippen LogP contribution is -2.41. The summed E-state index contributed by atoms with van der Waals surface area (Å²) >= 11 is 0. The number of hydrogen-bond donors (Lipinski definition) is 1. The van der Waals surface area contributed by atoms with Gasteiger partial charge in [-0.25, -0.2) is 0 Å². The quantitative estimate of drug-likeness (QED) is 0.783. The van der Waals surface area contributed by atoms with E-state index in [1.807, 2.05) is 12.1 Å². The molecule has 2 aliphatic rings. The minimum absolute atomic E-state index is 0.187. The van der Waals surface area contributed by atoms with Crippen LogP contribution < -0.4 is 5.32 Å². The number of allylic oxidation sites excluding steroid dienone is 1. The highest BCUT2D eigenvalue weighted by molar-refractivity contribution is 5.76. The summed E-state index contributed by atoms with van der Waals surface area (Å²) in [4.78, 5) is 18.9. The zero-order valence-corrected chi connectivity index (χ0v) is 14.9. The van der Waals surface area contributed by atoms with E-state index in [4.69, 9.17) is 0 Å². The van der Waals surface area contributed by atoms with Gasteiger partial charge in [0.2, 0.25) is 5.91 Å². The Morgan fingerprint density at radius 1 is 1.29 bits per heavy atom. The molecule has 24 heavy (non-hydrogen) atoms. The highest BCUT2D eigenvalue weighted by Crippen LogP contribution is 2.41. The van der Waals surface area contributed by atoms with E-state index in [2.05, 4.69) is 35.1 Å². The maximum atomic E-state index is 12.4. The zero-order valence-electron chi connectivity index (χ0n) is 14.9. The van der Waals surface area contributed by atoms with Crippen LogP contribution in [0.2, 0.25) is 0 Å². The van der Waals surface area contributed by atoms with E-state index in [1.54, 1.807) is 12.4 Å². The van der Waals surface area contributed by atoms with Gasteiger partial charge in [0, 0.05) is 44.5 Å².